The van der Waals surface area contributed by atoms with E-state index in [2.05, 4.69) is 382 Å². The highest BCUT2D eigenvalue weighted by molar-refractivity contribution is 7.00. The van der Waals surface area contributed by atoms with Crippen LogP contribution >= 0.6 is 0 Å². The van der Waals surface area contributed by atoms with Crippen LogP contribution < -0.4 is 26.2 Å². The van der Waals surface area contributed by atoms with Crippen LogP contribution in [0.1, 0.15) is 26.3 Å². The molecule has 0 fully saturated rings. The maximum atomic E-state index is 6.68. The molecule has 0 amide bonds. The van der Waals surface area contributed by atoms with Crippen LogP contribution in [0.15, 0.2) is 356 Å². The number of nitrogens with zero attached hydrogens (tertiary/aromatic N) is 2. The van der Waals surface area contributed by atoms with Gasteiger partial charge in [-0.15, -0.1) is 0 Å². The summed E-state index contributed by atoms with van der Waals surface area (Å²) in [5.74, 6) is 0. The van der Waals surface area contributed by atoms with E-state index in [4.69, 9.17) is 4.42 Å². The van der Waals surface area contributed by atoms with Crippen LogP contribution in [-0.4, -0.2) is 6.71 Å². The molecule has 2 aliphatic heterocycles. The first kappa shape index (κ1) is 58.8. The van der Waals surface area contributed by atoms with Gasteiger partial charge >= 0.3 is 0 Å². The van der Waals surface area contributed by atoms with Crippen molar-refractivity contribution >= 4 is 101 Å². The van der Waals surface area contributed by atoms with Gasteiger partial charge in [-0.3, -0.25) is 0 Å². The molecule has 100 heavy (non-hydrogen) atoms. The Morgan fingerprint density at radius 3 is 1.18 bits per heavy atom. The summed E-state index contributed by atoms with van der Waals surface area (Å²) in [6.45, 7) is 6.88. The number of furan rings is 1. The first-order valence-corrected chi connectivity index (χ1v) is 34.8. The summed E-state index contributed by atoms with van der Waals surface area (Å²) in [7, 11) is 0. The largest absolute Gasteiger partial charge is 0.456 e. The predicted octanol–water partition coefficient (Wildman–Crippen LogP) is 24.6. The second-order valence-corrected chi connectivity index (χ2v) is 27.8. The van der Waals surface area contributed by atoms with Crippen molar-refractivity contribution in [1.82, 2.24) is 0 Å². The third-order valence-electron chi connectivity index (χ3n) is 21.0. The van der Waals surface area contributed by atoms with E-state index in [0.717, 1.165) is 123 Å². The van der Waals surface area contributed by atoms with Gasteiger partial charge in [0.15, 0.2) is 0 Å². The molecule has 0 unspecified atom stereocenters. The van der Waals surface area contributed by atoms with Crippen LogP contribution in [0.5, 0.6) is 0 Å². The zero-order chi connectivity index (χ0) is 66.6. The van der Waals surface area contributed by atoms with E-state index in [1.165, 1.54) is 65.8 Å². The molecule has 2 aliphatic rings. The first-order valence-electron chi connectivity index (χ1n) is 34.8. The van der Waals surface area contributed by atoms with Gasteiger partial charge in [0.1, 0.15) is 11.2 Å². The Labute approximate surface area is 583 Å². The summed E-state index contributed by atoms with van der Waals surface area (Å²) >= 11 is 0. The van der Waals surface area contributed by atoms with Gasteiger partial charge in [-0.1, -0.05) is 330 Å². The molecule has 0 N–H and O–H groups in total. The lowest BCUT2D eigenvalue weighted by Crippen LogP contribution is -2.61. The van der Waals surface area contributed by atoms with E-state index in [0.29, 0.717) is 0 Å². The average Bonchev–Trinajstić information content (AvgIpc) is 0.719. The number of benzene rings is 16. The fourth-order valence-corrected chi connectivity index (χ4v) is 16.4. The monoisotopic (exact) mass is 1270 g/mol. The highest BCUT2D eigenvalue weighted by atomic mass is 16.3. The highest BCUT2D eigenvalue weighted by Gasteiger charge is 2.46. The summed E-state index contributed by atoms with van der Waals surface area (Å²) < 4.78 is 6.68. The van der Waals surface area contributed by atoms with Crippen molar-refractivity contribution in [3.8, 4) is 89.0 Å². The third kappa shape index (κ3) is 9.58. The smallest absolute Gasteiger partial charge is 0.252 e. The minimum atomic E-state index is -0.302. The Morgan fingerprint density at radius 1 is 0.260 bits per heavy atom. The van der Waals surface area contributed by atoms with E-state index in [-0.39, 0.29) is 12.1 Å². The van der Waals surface area contributed by atoms with Crippen molar-refractivity contribution < 1.29 is 4.42 Å². The molecule has 1 aromatic heterocycles. The van der Waals surface area contributed by atoms with Gasteiger partial charge in [0.05, 0.1) is 11.4 Å². The standard InChI is InChI=1S/C96H67BN2O/c1-96(2,3)71-60-86-93-87(61-71)99(95-75(64-33-14-6-15-34-64)47-27-48-76(95)65-35-16-7-17-36-65)85-59-69(68-51-54-79-81(57-68)91(67-39-20-9-21-40-67)78-42-23-22-41-77(78)90(79)66-37-18-8-19-38-66)52-55-82(85)97(93)83-58-70(72-44-28-50-89-92(72)80-43-24-25-49-88(80)100-89)53-56-84(83)98(86)94-73(62-29-10-4-11-30-62)45-26-46-74(94)63-31-12-5-13-32-63/h4-61H,1-3H3. The lowest BCUT2D eigenvalue weighted by Gasteiger charge is -2.46. The van der Waals surface area contributed by atoms with Crippen molar-refractivity contribution in [2.75, 3.05) is 9.80 Å². The van der Waals surface area contributed by atoms with Crippen molar-refractivity contribution in [2.24, 2.45) is 0 Å². The second kappa shape index (κ2) is 23.7. The third-order valence-corrected chi connectivity index (χ3v) is 21.0. The molecule has 0 radical (unpaired) electrons. The first-order chi connectivity index (χ1) is 49.3. The van der Waals surface area contributed by atoms with Crippen molar-refractivity contribution in [3.63, 3.8) is 0 Å². The van der Waals surface area contributed by atoms with Crippen molar-refractivity contribution in [3.05, 3.63) is 357 Å². The van der Waals surface area contributed by atoms with Gasteiger partial charge in [0.2, 0.25) is 0 Å². The Kier molecular flexibility index (Phi) is 13.9. The maximum Gasteiger partial charge on any atom is 0.252 e. The SMILES string of the molecule is CC(C)(C)c1cc2c3c(c1)N(c1c(-c4ccccc4)cccc1-c1ccccc1)c1cc(-c4ccc5c(-c6ccccc6)c6ccccc6c(-c6ccccc6)c5c4)ccc1B3c1cc(-c3cccc4oc5ccccc5c34)ccc1N2c1c(-c2ccccc2)cccc1-c1ccccc1. The molecule has 4 heteroatoms. The fraction of sp³-hybridized carbons (Fsp3) is 0.0417. The molecule has 3 heterocycles. The number of hydrogen-bond donors (Lipinski definition) is 0. The molecule has 0 spiro atoms. The highest BCUT2D eigenvalue weighted by Crippen LogP contribution is 2.55. The number of hydrogen-bond acceptors (Lipinski definition) is 3. The molecule has 0 aliphatic carbocycles. The molecule has 16 aromatic carbocycles. The van der Waals surface area contributed by atoms with Crippen LogP contribution in [-0.2, 0) is 5.41 Å². The molecule has 0 atom stereocenters. The van der Waals surface area contributed by atoms with Crippen LogP contribution in [0.25, 0.3) is 132 Å². The van der Waals surface area contributed by atoms with Crippen LogP contribution in [0, 0.1) is 0 Å². The van der Waals surface area contributed by atoms with Crippen LogP contribution in [0.3, 0.4) is 0 Å². The summed E-state index contributed by atoms with van der Waals surface area (Å²) in [6.07, 6.45) is 0. The Hall–Kier alpha value is -12.5. The molecule has 17 aromatic rings. The number of fused-ring (bicyclic) bond motifs is 9. The summed E-state index contributed by atoms with van der Waals surface area (Å²) in [5.41, 5.74) is 31.7. The lowest BCUT2D eigenvalue weighted by molar-refractivity contribution is 0.590. The Balaban J connectivity index is 0.957. The van der Waals surface area contributed by atoms with Gasteiger partial charge in [-0.25, -0.2) is 0 Å². The fourth-order valence-electron chi connectivity index (χ4n) is 16.4. The molecule has 0 bridgehead atoms. The van der Waals surface area contributed by atoms with Crippen molar-refractivity contribution in [1.29, 1.82) is 0 Å². The van der Waals surface area contributed by atoms with Gasteiger partial charge < -0.3 is 14.2 Å². The zero-order valence-electron chi connectivity index (χ0n) is 55.9. The minimum absolute atomic E-state index is 0.250. The molecular formula is C96H67BN2O. The number of rotatable bonds is 10. The predicted molar refractivity (Wildman–Crippen MR) is 425 cm³/mol. The van der Waals surface area contributed by atoms with E-state index in [1.54, 1.807) is 0 Å². The van der Waals surface area contributed by atoms with E-state index in [1.807, 2.05) is 0 Å². The molecule has 0 saturated heterocycles. The molecule has 3 nitrogen and oxygen atoms in total. The van der Waals surface area contributed by atoms with E-state index >= 15 is 0 Å². The quantitative estimate of drug-likeness (QED) is 0.100. The normalized spacial score (nSPS) is 12.5. The second-order valence-electron chi connectivity index (χ2n) is 27.8. The van der Waals surface area contributed by atoms with E-state index in [9.17, 15) is 0 Å². The Morgan fingerprint density at radius 2 is 0.660 bits per heavy atom. The topological polar surface area (TPSA) is 19.6 Å². The van der Waals surface area contributed by atoms with E-state index < -0.39 is 0 Å². The summed E-state index contributed by atoms with van der Waals surface area (Å²) in [4.78, 5) is 5.35. The lowest BCUT2D eigenvalue weighted by atomic mass is 9.33. The number of para-hydroxylation sites is 3. The van der Waals surface area contributed by atoms with Crippen LogP contribution in [0.2, 0.25) is 0 Å². The number of anilines is 6. The van der Waals surface area contributed by atoms with Gasteiger partial charge in [-0.05, 0) is 158 Å². The maximum absolute atomic E-state index is 6.68. The van der Waals surface area contributed by atoms with Gasteiger partial charge in [0.25, 0.3) is 6.71 Å². The Bertz CT molecular complexity index is 5940. The van der Waals surface area contributed by atoms with Gasteiger partial charge in [0, 0.05) is 55.8 Å². The molecule has 470 valence electrons. The molecular weight excluding hydrogens is 1210 g/mol. The van der Waals surface area contributed by atoms with Crippen LogP contribution in [0.4, 0.5) is 34.1 Å². The van der Waals surface area contributed by atoms with Gasteiger partial charge in [-0.2, -0.15) is 0 Å². The molecule has 19 rings (SSSR count). The minimum Gasteiger partial charge on any atom is -0.456 e. The summed E-state index contributed by atoms with van der Waals surface area (Å²) in [5, 5.41) is 7.11. The molecule has 0 saturated carbocycles. The zero-order valence-corrected chi connectivity index (χ0v) is 55.9. The average molecular weight is 1280 g/mol. The summed E-state index contributed by atoms with van der Waals surface area (Å²) in [6, 6.07) is 131. The van der Waals surface area contributed by atoms with Crippen molar-refractivity contribution in [2.45, 2.75) is 26.2 Å².